The maximum absolute atomic E-state index is 4.24. The molecule has 4 nitrogen and oxygen atoms in total. The molecule has 1 aromatic heterocycles. The molecule has 0 saturated carbocycles. The van der Waals surface area contributed by atoms with Gasteiger partial charge in [-0.05, 0) is 30.5 Å². The summed E-state index contributed by atoms with van der Waals surface area (Å²) in [5.74, 6) is 0.820. The van der Waals surface area contributed by atoms with Crippen molar-refractivity contribution in [2.24, 2.45) is 4.99 Å². The van der Waals surface area contributed by atoms with Gasteiger partial charge in [-0.25, -0.2) is 0 Å². The molecule has 0 aliphatic carbocycles. The number of nitrogens with one attached hydrogen (secondary N) is 2. The van der Waals surface area contributed by atoms with E-state index in [2.05, 4.69) is 57.9 Å². The zero-order valence-corrected chi connectivity index (χ0v) is 12.6. The van der Waals surface area contributed by atoms with Crippen LogP contribution in [0.4, 0.5) is 0 Å². The third kappa shape index (κ3) is 5.26. The van der Waals surface area contributed by atoms with Crippen LogP contribution in [0.25, 0.3) is 0 Å². The van der Waals surface area contributed by atoms with Gasteiger partial charge in [0.25, 0.3) is 0 Å². The number of guanidine groups is 1. The average molecular weight is 282 g/mol. The van der Waals surface area contributed by atoms with E-state index < -0.39 is 0 Å². The molecule has 2 aromatic rings. The van der Waals surface area contributed by atoms with Gasteiger partial charge in [0.05, 0.1) is 0 Å². The minimum atomic E-state index is 0.772. The molecule has 110 valence electrons. The Balaban J connectivity index is 1.76. The molecule has 1 aromatic carbocycles. The number of nitrogens with zero attached hydrogens (tertiary/aromatic N) is 2. The van der Waals surface area contributed by atoms with Crippen LogP contribution in [0.3, 0.4) is 0 Å². The van der Waals surface area contributed by atoms with Crippen LogP contribution in [0.1, 0.15) is 16.7 Å². The first kappa shape index (κ1) is 15.0. The Labute approximate surface area is 126 Å². The molecule has 0 aliphatic rings. The molecule has 21 heavy (non-hydrogen) atoms. The first-order valence-electron chi connectivity index (χ1n) is 7.17. The zero-order valence-electron chi connectivity index (χ0n) is 12.6. The van der Waals surface area contributed by atoms with Crippen molar-refractivity contribution in [3.05, 3.63) is 65.5 Å². The standard InChI is InChI=1S/C17H22N4/c1-14-5-3-6-16(11-14)13-21-17(18-2)20-10-8-15-7-4-9-19-12-15/h3-7,9,11-12H,8,10,13H2,1-2H3,(H2,18,20,21). The van der Waals surface area contributed by atoms with E-state index in [1.165, 1.54) is 16.7 Å². The molecule has 4 heteroatoms. The van der Waals surface area contributed by atoms with Gasteiger partial charge >= 0.3 is 0 Å². The number of rotatable bonds is 5. The first-order chi connectivity index (χ1) is 10.3. The highest BCUT2D eigenvalue weighted by Gasteiger charge is 1.99. The largest absolute Gasteiger partial charge is 0.356 e. The number of hydrogen-bond acceptors (Lipinski definition) is 2. The molecule has 2 rings (SSSR count). The van der Waals surface area contributed by atoms with Crippen molar-refractivity contribution in [3.8, 4) is 0 Å². The van der Waals surface area contributed by atoms with Crippen molar-refractivity contribution in [1.29, 1.82) is 0 Å². The van der Waals surface area contributed by atoms with Crippen LogP contribution < -0.4 is 10.6 Å². The molecular weight excluding hydrogens is 260 g/mol. The lowest BCUT2D eigenvalue weighted by molar-refractivity contribution is 0.793. The molecule has 0 aliphatic heterocycles. The van der Waals surface area contributed by atoms with E-state index in [4.69, 9.17) is 0 Å². The maximum atomic E-state index is 4.24. The maximum Gasteiger partial charge on any atom is 0.191 e. The van der Waals surface area contributed by atoms with Gasteiger partial charge in [-0.3, -0.25) is 9.98 Å². The second-order valence-corrected chi connectivity index (χ2v) is 4.95. The van der Waals surface area contributed by atoms with Crippen LogP contribution in [0.2, 0.25) is 0 Å². The second-order valence-electron chi connectivity index (χ2n) is 4.95. The van der Waals surface area contributed by atoms with Crippen LogP contribution in [-0.2, 0) is 13.0 Å². The Morgan fingerprint density at radius 2 is 2.00 bits per heavy atom. The van der Waals surface area contributed by atoms with E-state index in [1.807, 2.05) is 12.3 Å². The average Bonchev–Trinajstić information content (AvgIpc) is 2.52. The van der Waals surface area contributed by atoms with Gasteiger partial charge in [0, 0.05) is 32.5 Å². The molecular formula is C17H22N4. The van der Waals surface area contributed by atoms with Gasteiger partial charge in [0.2, 0.25) is 0 Å². The smallest absolute Gasteiger partial charge is 0.191 e. The quantitative estimate of drug-likeness (QED) is 0.653. The van der Waals surface area contributed by atoms with Crippen molar-refractivity contribution >= 4 is 5.96 Å². The molecule has 0 radical (unpaired) electrons. The summed E-state index contributed by atoms with van der Waals surface area (Å²) in [6.07, 6.45) is 4.61. The minimum absolute atomic E-state index is 0.772. The lowest BCUT2D eigenvalue weighted by Gasteiger charge is -2.12. The number of hydrogen-bond donors (Lipinski definition) is 2. The van der Waals surface area contributed by atoms with Gasteiger partial charge in [0.15, 0.2) is 5.96 Å². The second kappa shape index (κ2) is 8.04. The summed E-state index contributed by atoms with van der Waals surface area (Å²) in [6.45, 7) is 3.71. The molecule has 0 unspecified atom stereocenters. The third-order valence-electron chi connectivity index (χ3n) is 3.19. The minimum Gasteiger partial charge on any atom is -0.356 e. The number of benzene rings is 1. The van der Waals surface area contributed by atoms with Crippen LogP contribution >= 0.6 is 0 Å². The molecule has 0 atom stereocenters. The number of aromatic nitrogens is 1. The normalized spacial score (nSPS) is 11.2. The van der Waals surface area contributed by atoms with Crippen LogP contribution in [0.15, 0.2) is 53.8 Å². The summed E-state index contributed by atoms with van der Waals surface area (Å²) in [5, 5.41) is 6.64. The van der Waals surface area contributed by atoms with Gasteiger partial charge in [-0.15, -0.1) is 0 Å². The highest BCUT2D eigenvalue weighted by Crippen LogP contribution is 2.03. The van der Waals surface area contributed by atoms with Gasteiger partial charge in [0.1, 0.15) is 0 Å². The third-order valence-corrected chi connectivity index (χ3v) is 3.19. The number of aryl methyl sites for hydroxylation is 1. The van der Waals surface area contributed by atoms with E-state index in [-0.39, 0.29) is 0 Å². The Bertz CT molecular complexity index is 578. The van der Waals surface area contributed by atoms with Gasteiger partial charge in [-0.2, -0.15) is 0 Å². The summed E-state index contributed by atoms with van der Waals surface area (Å²) in [6, 6.07) is 12.5. The summed E-state index contributed by atoms with van der Waals surface area (Å²) in [7, 11) is 1.79. The van der Waals surface area contributed by atoms with Crippen LogP contribution in [0.5, 0.6) is 0 Å². The van der Waals surface area contributed by atoms with Crippen molar-refractivity contribution in [2.75, 3.05) is 13.6 Å². The van der Waals surface area contributed by atoms with Crippen molar-refractivity contribution in [3.63, 3.8) is 0 Å². The van der Waals surface area contributed by atoms with E-state index in [0.717, 1.165) is 25.5 Å². The molecule has 0 spiro atoms. The van der Waals surface area contributed by atoms with Crippen LogP contribution in [0, 0.1) is 6.92 Å². The first-order valence-corrected chi connectivity index (χ1v) is 7.17. The summed E-state index contributed by atoms with van der Waals surface area (Å²) in [5.41, 5.74) is 3.75. The molecule has 0 fully saturated rings. The molecule has 1 heterocycles. The van der Waals surface area contributed by atoms with Crippen molar-refractivity contribution < 1.29 is 0 Å². The Kier molecular flexibility index (Phi) is 5.76. The number of pyridine rings is 1. The van der Waals surface area contributed by atoms with E-state index in [9.17, 15) is 0 Å². The lowest BCUT2D eigenvalue weighted by atomic mass is 10.1. The Morgan fingerprint density at radius 3 is 2.71 bits per heavy atom. The van der Waals surface area contributed by atoms with E-state index in [1.54, 1.807) is 13.2 Å². The number of aliphatic imine (C=N–C) groups is 1. The Hall–Kier alpha value is -2.36. The van der Waals surface area contributed by atoms with E-state index in [0.29, 0.717) is 0 Å². The highest BCUT2D eigenvalue weighted by molar-refractivity contribution is 5.79. The molecule has 0 saturated heterocycles. The van der Waals surface area contributed by atoms with Crippen molar-refractivity contribution in [2.45, 2.75) is 19.9 Å². The highest BCUT2D eigenvalue weighted by atomic mass is 15.2. The summed E-state index contributed by atoms with van der Waals surface area (Å²) >= 11 is 0. The topological polar surface area (TPSA) is 49.3 Å². The van der Waals surface area contributed by atoms with E-state index >= 15 is 0 Å². The van der Waals surface area contributed by atoms with Crippen molar-refractivity contribution in [1.82, 2.24) is 15.6 Å². The Morgan fingerprint density at radius 1 is 1.14 bits per heavy atom. The fraction of sp³-hybridized carbons (Fsp3) is 0.294. The zero-order chi connectivity index (χ0) is 14.9. The predicted molar refractivity (Wildman–Crippen MR) is 87.3 cm³/mol. The van der Waals surface area contributed by atoms with Crippen LogP contribution in [-0.4, -0.2) is 24.5 Å². The monoisotopic (exact) mass is 282 g/mol. The predicted octanol–water partition coefficient (Wildman–Crippen LogP) is 2.30. The fourth-order valence-electron chi connectivity index (χ4n) is 2.10. The lowest BCUT2D eigenvalue weighted by Crippen LogP contribution is -2.37. The SMILES string of the molecule is CN=C(NCCc1cccnc1)NCc1cccc(C)c1. The molecule has 2 N–H and O–H groups in total. The summed E-state index contributed by atoms with van der Waals surface area (Å²) < 4.78 is 0. The molecule has 0 amide bonds. The van der Waals surface area contributed by atoms with Gasteiger partial charge in [-0.1, -0.05) is 35.9 Å². The summed E-state index contributed by atoms with van der Waals surface area (Å²) in [4.78, 5) is 8.35. The van der Waals surface area contributed by atoms with Gasteiger partial charge < -0.3 is 10.6 Å². The molecule has 0 bridgehead atoms. The fourth-order valence-corrected chi connectivity index (χ4v) is 2.10.